The van der Waals surface area contributed by atoms with E-state index in [0.29, 0.717) is 17.9 Å². The molecule has 1 heterocycles. The van der Waals surface area contributed by atoms with E-state index in [1.807, 2.05) is 6.92 Å². The van der Waals surface area contributed by atoms with Crippen molar-refractivity contribution in [3.8, 4) is 5.75 Å². The van der Waals surface area contributed by atoms with Crippen LogP contribution in [0, 0.1) is 10.1 Å². The third-order valence-electron chi connectivity index (χ3n) is 2.95. The molecule has 0 saturated heterocycles. The van der Waals surface area contributed by atoms with Crippen molar-refractivity contribution in [1.82, 2.24) is 0 Å². The Hall–Kier alpha value is -2.15. The molecule has 1 N–H and O–H groups in total. The molecule has 2 rings (SSSR count). The molecule has 7 heteroatoms. The number of hydrogen-bond acceptors (Lipinski definition) is 5. The van der Waals surface area contributed by atoms with Crippen molar-refractivity contribution in [3.05, 3.63) is 28.3 Å². The topological polar surface area (TPSA) is 92.9 Å². The summed E-state index contributed by atoms with van der Waals surface area (Å²) in [4.78, 5) is 23.7. The minimum atomic E-state index is -0.611. The van der Waals surface area contributed by atoms with Crippen molar-refractivity contribution in [1.29, 1.82) is 0 Å². The highest BCUT2D eigenvalue weighted by atomic mass is 16.6. The summed E-state index contributed by atoms with van der Waals surface area (Å²) in [5.41, 5.74) is 0.214. The molecule has 1 amide bonds. The van der Waals surface area contributed by atoms with Gasteiger partial charge in [-0.05, 0) is 12.5 Å². The second-order valence-electron chi connectivity index (χ2n) is 4.14. The maximum atomic E-state index is 12.1. The smallest absolute Gasteiger partial charge is 0.271 e. The fraction of sp³-hybridized carbons (Fsp3) is 0.417. The van der Waals surface area contributed by atoms with E-state index in [4.69, 9.17) is 9.84 Å². The molecule has 1 aromatic carbocycles. The van der Waals surface area contributed by atoms with Gasteiger partial charge in [0, 0.05) is 18.7 Å². The number of anilines is 1. The highest BCUT2D eigenvalue weighted by Crippen LogP contribution is 2.37. The summed E-state index contributed by atoms with van der Waals surface area (Å²) >= 11 is 0. The molecule has 1 atom stereocenters. The van der Waals surface area contributed by atoms with Gasteiger partial charge in [0.05, 0.1) is 17.2 Å². The molecule has 1 aliphatic rings. The molecule has 0 radical (unpaired) electrons. The predicted octanol–water partition coefficient (Wildman–Crippen LogP) is 1.09. The average molecular weight is 266 g/mol. The molecule has 1 aromatic rings. The monoisotopic (exact) mass is 266 g/mol. The average Bonchev–Trinajstić information content (AvgIpc) is 2.41. The van der Waals surface area contributed by atoms with Crippen molar-refractivity contribution in [3.63, 3.8) is 0 Å². The lowest BCUT2D eigenvalue weighted by molar-refractivity contribution is -0.384. The minimum Gasteiger partial charge on any atom is -0.478 e. The molecule has 19 heavy (non-hydrogen) atoms. The van der Waals surface area contributed by atoms with E-state index in [2.05, 4.69) is 0 Å². The molecule has 1 unspecified atom stereocenters. The van der Waals surface area contributed by atoms with Crippen LogP contribution < -0.4 is 9.64 Å². The summed E-state index contributed by atoms with van der Waals surface area (Å²) in [6, 6.07) is 4.10. The first-order chi connectivity index (χ1) is 9.08. The van der Waals surface area contributed by atoms with Gasteiger partial charge in [0.2, 0.25) is 0 Å². The Balaban J connectivity index is 2.47. The number of non-ortho nitro benzene ring substituents is 1. The van der Waals surface area contributed by atoms with Gasteiger partial charge in [0.25, 0.3) is 11.6 Å². The zero-order valence-electron chi connectivity index (χ0n) is 10.4. The number of carbonyl (C=O) groups is 1. The van der Waals surface area contributed by atoms with Crippen LogP contribution >= 0.6 is 0 Å². The van der Waals surface area contributed by atoms with Crippen LogP contribution in [0.2, 0.25) is 0 Å². The maximum Gasteiger partial charge on any atom is 0.271 e. The first kappa shape index (κ1) is 13.3. The fourth-order valence-corrected chi connectivity index (χ4v) is 2.01. The number of fused-ring (bicyclic) bond motifs is 1. The van der Waals surface area contributed by atoms with Crippen LogP contribution in [0.4, 0.5) is 11.4 Å². The molecule has 1 aliphatic heterocycles. The Morgan fingerprint density at radius 3 is 2.84 bits per heavy atom. The van der Waals surface area contributed by atoms with Crippen molar-refractivity contribution in [2.45, 2.75) is 19.4 Å². The number of carbonyl (C=O) groups excluding carboxylic acids is 1. The quantitative estimate of drug-likeness (QED) is 0.650. The summed E-state index contributed by atoms with van der Waals surface area (Å²) in [6.45, 7) is 1.69. The van der Waals surface area contributed by atoms with Gasteiger partial charge in [-0.1, -0.05) is 6.92 Å². The highest BCUT2D eigenvalue weighted by molar-refractivity contribution is 6.00. The Morgan fingerprint density at radius 1 is 1.53 bits per heavy atom. The highest BCUT2D eigenvalue weighted by Gasteiger charge is 2.33. The van der Waals surface area contributed by atoms with Gasteiger partial charge in [-0.2, -0.15) is 0 Å². The minimum absolute atomic E-state index is 0.0901. The van der Waals surface area contributed by atoms with Crippen molar-refractivity contribution in [2.75, 3.05) is 18.1 Å². The molecular weight excluding hydrogens is 252 g/mol. The van der Waals surface area contributed by atoms with Crippen molar-refractivity contribution < 1.29 is 19.6 Å². The lowest BCUT2D eigenvalue weighted by Crippen LogP contribution is -2.46. The molecule has 0 spiro atoms. The number of rotatable bonds is 4. The Kier molecular flexibility index (Phi) is 3.66. The van der Waals surface area contributed by atoms with Crippen LogP contribution in [0.15, 0.2) is 18.2 Å². The lowest BCUT2D eigenvalue weighted by atomic mass is 10.1. The number of benzene rings is 1. The number of nitrogens with zero attached hydrogens (tertiary/aromatic N) is 2. The van der Waals surface area contributed by atoms with E-state index < -0.39 is 11.0 Å². The third kappa shape index (κ3) is 2.37. The second kappa shape index (κ2) is 5.23. The number of ether oxygens (including phenoxy) is 1. The number of amides is 1. The molecule has 0 fully saturated rings. The van der Waals surface area contributed by atoms with Gasteiger partial charge in [-0.3, -0.25) is 14.9 Å². The summed E-state index contributed by atoms with van der Waals surface area (Å²) in [5, 5.41) is 19.8. The van der Waals surface area contributed by atoms with Crippen LogP contribution in [-0.2, 0) is 4.79 Å². The molecule has 0 aromatic heterocycles. The number of nitro benzene ring substituents is 1. The Labute approximate surface area is 109 Å². The Bertz CT molecular complexity index is 517. The van der Waals surface area contributed by atoms with E-state index in [-0.39, 0.29) is 24.7 Å². The van der Waals surface area contributed by atoms with Crippen LogP contribution in [0.5, 0.6) is 5.75 Å². The van der Waals surface area contributed by atoms with Crippen molar-refractivity contribution in [2.24, 2.45) is 0 Å². The fourth-order valence-electron chi connectivity index (χ4n) is 2.01. The number of nitro groups is 1. The van der Waals surface area contributed by atoms with Gasteiger partial charge < -0.3 is 14.7 Å². The number of aliphatic hydroxyl groups excluding tert-OH is 1. The van der Waals surface area contributed by atoms with Gasteiger partial charge in [0.1, 0.15) is 5.75 Å². The first-order valence-corrected chi connectivity index (χ1v) is 5.95. The number of hydrogen-bond donors (Lipinski definition) is 1. The molecule has 102 valence electrons. The van der Waals surface area contributed by atoms with E-state index >= 15 is 0 Å². The maximum absolute atomic E-state index is 12.1. The predicted molar refractivity (Wildman–Crippen MR) is 67.2 cm³/mol. The molecule has 0 saturated carbocycles. The van der Waals surface area contributed by atoms with E-state index in [0.717, 1.165) is 0 Å². The summed E-state index contributed by atoms with van der Waals surface area (Å²) in [7, 11) is 0. The largest absolute Gasteiger partial charge is 0.478 e. The van der Waals surface area contributed by atoms with Crippen LogP contribution in [0.1, 0.15) is 13.3 Å². The van der Waals surface area contributed by atoms with Crippen LogP contribution in [-0.4, -0.2) is 35.2 Å². The number of β-amino-alcohol motifs (C(OH)–C–C–N with tert-alkyl or cyclic N) is 1. The van der Waals surface area contributed by atoms with E-state index in [9.17, 15) is 14.9 Å². The van der Waals surface area contributed by atoms with E-state index in [1.165, 1.54) is 23.1 Å². The van der Waals surface area contributed by atoms with Gasteiger partial charge in [-0.15, -0.1) is 0 Å². The zero-order valence-corrected chi connectivity index (χ0v) is 10.4. The van der Waals surface area contributed by atoms with Crippen LogP contribution in [0.25, 0.3) is 0 Å². The van der Waals surface area contributed by atoms with E-state index in [1.54, 1.807) is 0 Å². The first-order valence-electron chi connectivity index (χ1n) is 5.95. The third-order valence-corrected chi connectivity index (χ3v) is 2.95. The molecular formula is C12H14N2O5. The van der Waals surface area contributed by atoms with Crippen molar-refractivity contribution >= 4 is 17.3 Å². The zero-order chi connectivity index (χ0) is 14.0. The second-order valence-corrected chi connectivity index (χ2v) is 4.14. The number of aliphatic hydroxyl groups is 1. The standard InChI is InChI=1S/C12H14N2O5/c1-2-10-12(16)13(5-6-15)9-7-8(14(17)18)3-4-11(9)19-10/h3-4,7,10,15H,2,5-6H2,1H3. The summed E-state index contributed by atoms with van der Waals surface area (Å²) in [6.07, 6.45) is -0.113. The molecule has 7 nitrogen and oxygen atoms in total. The van der Waals surface area contributed by atoms with Gasteiger partial charge in [-0.25, -0.2) is 0 Å². The normalized spacial score (nSPS) is 17.9. The van der Waals surface area contributed by atoms with Gasteiger partial charge >= 0.3 is 0 Å². The lowest BCUT2D eigenvalue weighted by Gasteiger charge is -2.33. The summed E-state index contributed by atoms with van der Waals surface area (Å²) in [5.74, 6) is 0.134. The van der Waals surface area contributed by atoms with Crippen LogP contribution in [0.3, 0.4) is 0 Å². The SMILES string of the molecule is CCC1Oc2ccc([N+](=O)[O-])cc2N(CCO)C1=O. The van der Waals surface area contributed by atoms with Gasteiger partial charge in [0.15, 0.2) is 6.10 Å². The molecule has 0 aliphatic carbocycles. The molecule has 0 bridgehead atoms. The Morgan fingerprint density at radius 2 is 2.26 bits per heavy atom. The summed E-state index contributed by atoms with van der Waals surface area (Å²) < 4.78 is 5.51.